The van der Waals surface area contributed by atoms with Crippen molar-refractivity contribution in [1.29, 1.82) is 0 Å². The maximum atomic E-state index is 14.2. The third-order valence-corrected chi connectivity index (χ3v) is 10.3. The molecular formula is C37H46N5O6+. The van der Waals surface area contributed by atoms with Crippen LogP contribution in [0.5, 0.6) is 11.5 Å². The van der Waals surface area contributed by atoms with Gasteiger partial charge in [-0.05, 0) is 86.1 Å². The molecule has 11 nitrogen and oxygen atoms in total. The molecule has 6 rings (SSSR count). The summed E-state index contributed by atoms with van der Waals surface area (Å²) in [6.07, 6.45) is 8.59. The van der Waals surface area contributed by atoms with E-state index >= 15 is 0 Å². The molecule has 3 heterocycles. The number of nitrogens with zero attached hydrogens (tertiary/aromatic N) is 3. The summed E-state index contributed by atoms with van der Waals surface area (Å²) in [5.74, 6) is 0.775. The van der Waals surface area contributed by atoms with Crippen molar-refractivity contribution >= 4 is 17.7 Å². The topological polar surface area (TPSA) is 135 Å². The van der Waals surface area contributed by atoms with E-state index in [1.54, 1.807) is 48.5 Å². The number of ether oxygens (including phenoxy) is 1. The minimum absolute atomic E-state index is 0.000394. The number of likely N-dealkylation sites (tertiary alicyclic amines) is 1. The number of nitrogens with one attached hydrogen (secondary N) is 2. The highest BCUT2D eigenvalue weighted by atomic mass is 16.5. The van der Waals surface area contributed by atoms with Gasteiger partial charge in [0, 0.05) is 55.2 Å². The van der Waals surface area contributed by atoms with Gasteiger partial charge in [-0.2, -0.15) is 0 Å². The second kappa shape index (κ2) is 14.7. The lowest BCUT2D eigenvalue weighted by atomic mass is 9.77. The zero-order valence-corrected chi connectivity index (χ0v) is 27.5. The van der Waals surface area contributed by atoms with Crippen LogP contribution < -0.4 is 20.1 Å². The molecule has 3 aliphatic rings. The number of pyridine rings is 1. The smallest absolute Gasteiger partial charge is 0.251 e. The summed E-state index contributed by atoms with van der Waals surface area (Å²) >= 11 is 0. The van der Waals surface area contributed by atoms with Crippen LogP contribution in [0.3, 0.4) is 0 Å². The lowest BCUT2D eigenvalue weighted by Crippen LogP contribution is -2.75. The highest BCUT2D eigenvalue weighted by molar-refractivity contribution is 6.00. The average Bonchev–Trinajstić information content (AvgIpc) is 3.11. The van der Waals surface area contributed by atoms with Gasteiger partial charge in [0.2, 0.25) is 24.2 Å². The van der Waals surface area contributed by atoms with Crippen molar-refractivity contribution < 1.29 is 34.2 Å². The molecule has 2 saturated heterocycles. The predicted octanol–water partition coefficient (Wildman–Crippen LogP) is 3.21. The van der Waals surface area contributed by atoms with Gasteiger partial charge in [-0.1, -0.05) is 31.4 Å². The first-order valence-corrected chi connectivity index (χ1v) is 17.1. The summed E-state index contributed by atoms with van der Waals surface area (Å²) in [4.78, 5) is 44.0. The van der Waals surface area contributed by atoms with Crippen LogP contribution in [0.15, 0.2) is 73.1 Å². The van der Waals surface area contributed by atoms with E-state index in [1.807, 2.05) is 30.3 Å². The number of carbonyl (C=O) groups is 3. The molecule has 0 bridgehead atoms. The Bertz CT molecular complexity index is 1580. The van der Waals surface area contributed by atoms with Crippen LogP contribution in [0.4, 0.5) is 0 Å². The first-order chi connectivity index (χ1) is 23.3. The Morgan fingerprint density at radius 3 is 2.31 bits per heavy atom. The second-order valence-corrected chi connectivity index (χ2v) is 13.3. The molecule has 3 fully saturated rings. The van der Waals surface area contributed by atoms with E-state index in [0.29, 0.717) is 62.5 Å². The maximum Gasteiger partial charge on any atom is 0.251 e. The van der Waals surface area contributed by atoms with E-state index in [0.717, 1.165) is 48.0 Å². The van der Waals surface area contributed by atoms with Gasteiger partial charge in [0.15, 0.2) is 0 Å². The van der Waals surface area contributed by atoms with Crippen LogP contribution in [0.25, 0.3) is 0 Å². The van der Waals surface area contributed by atoms with E-state index in [9.17, 15) is 24.7 Å². The molecule has 254 valence electrons. The quantitative estimate of drug-likeness (QED) is 0.195. The van der Waals surface area contributed by atoms with Crippen LogP contribution >= 0.6 is 0 Å². The fraction of sp³-hybridized carbons (Fsp3) is 0.459. The van der Waals surface area contributed by atoms with Gasteiger partial charge in [0.05, 0.1) is 6.10 Å². The van der Waals surface area contributed by atoms with Crippen molar-refractivity contribution in [2.45, 2.75) is 75.6 Å². The summed E-state index contributed by atoms with van der Waals surface area (Å²) in [6, 6.07) is 17.5. The molecule has 0 unspecified atom stereocenters. The van der Waals surface area contributed by atoms with E-state index < -0.39 is 17.7 Å². The van der Waals surface area contributed by atoms with E-state index in [1.165, 1.54) is 6.20 Å². The number of piperazine rings is 1. The molecule has 0 radical (unpaired) electrons. The van der Waals surface area contributed by atoms with Gasteiger partial charge < -0.3 is 25.4 Å². The SMILES string of the molecule is CNC(=O)c1ccc(Oc2ccc(CN3CCC4(CC3)C(=O)N[C@H]([C@H](O)C3CCCCC3)C(=O)N4CCc3ccc[n+](O)c3)cc2)cc1. The lowest BCUT2D eigenvalue weighted by Gasteiger charge is -2.52. The van der Waals surface area contributed by atoms with E-state index in [4.69, 9.17) is 4.74 Å². The highest BCUT2D eigenvalue weighted by Crippen LogP contribution is 2.36. The van der Waals surface area contributed by atoms with Gasteiger partial charge in [0.25, 0.3) is 5.91 Å². The van der Waals surface area contributed by atoms with Crippen LogP contribution in [-0.4, -0.2) is 82.2 Å². The predicted molar refractivity (Wildman–Crippen MR) is 177 cm³/mol. The number of benzene rings is 2. The molecule has 48 heavy (non-hydrogen) atoms. The Morgan fingerprint density at radius 1 is 1.00 bits per heavy atom. The molecule has 1 saturated carbocycles. The summed E-state index contributed by atoms with van der Waals surface area (Å²) in [5, 5.41) is 26.8. The fourth-order valence-electron chi connectivity index (χ4n) is 7.50. The molecule has 2 aliphatic heterocycles. The number of rotatable bonds is 10. The van der Waals surface area contributed by atoms with Gasteiger partial charge in [-0.25, -0.2) is 0 Å². The Morgan fingerprint density at radius 2 is 1.67 bits per heavy atom. The molecule has 4 N–H and O–H groups in total. The standard InChI is InChI=1S/C37H45N5O6/c1-38-34(44)29-11-15-31(16-12-29)48-30-13-9-27(10-14-30)24-40-22-18-37(19-23-40)36(46)39-32(33(43)28-7-3-2-4-8-28)35(45)42(37)21-17-26-6-5-20-41(47)25-26/h5-6,9-16,20,25,28,32-33,43H,2-4,7-8,17-19,21-24H2,1H3,(H2-,38,39,44,46,47)/p+1/t32-,33-/m1/s1. The minimum atomic E-state index is -0.995. The third-order valence-electron chi connectivity index (χ3n) is 10.3. The van der Waals surface area contributed by atoms with Gasteiger partial charge >= 0.3 is 0 Å². The van der Waals surface area contributed by atoms with Crippen molar-refractivity contribution in [2.75, 3.05) is 26.7 Å². The maximum absolute atomic E-state index is 14.2. The summed E-state index contributed by atoms with van der Waals surface area (Å²) in [5.41, 5.74) is 1.52. The number of hydrogen-bond acceptors (Lipinski definition) is 7. The number of hydrogen-bond donors (Lipinski definition) is 4. The number of piperidine rings is 1. The van der Waals surface area contributed by atoms with Crippen molar-refractivity contribution in [3.05, 3.63) is 89.7 Å². The zero-order valence-electron chi connectivity index (χ0n) is 27.5. The van der Waals surface area contributed by atoms with Crippen molar-refractivity contribution in [3.8, 4) is 11.5 Å². The average molecular weight is 657 g/mol. The zero-order chi connectivity index (χ0) is 33.7. The molecular weight excluding hydrogens is 610 g/mol. The van der Waals surface area contributed by atoms with E-state index in [2.05, 4.69) is 15.5 Å². The number of aliphatic hydroxyl groups is 1. The van der Waals surface area contributed by atoms with Crippen LogP contribution in [-0.2, 0) is 22.6 Å². The largest absolute Gasteiger partial charge is 0.457 e. The normalized spacial score (nSPS) is 20.7. The first kappa shape index (κ1) is 33.4. The monoisotopic (exact) mass is 656 g/mol. The molecule has 1 spiro atoms. The number of carbonyl (C=O) groups excluding carboxylic acids is 3. The second-order valence-electron chi connectivity index (χ2n) is 13.3. The van der Waals surface area contributed by atoms with Gasteiger partial charge in [-0.3, -0.25) is 24.5 Å². The molecule has 1 aliphatic carbocycles. The van der Waals surface area contributed by atoms with Gasteiger partial charge in [0.1, 0.15) is 23.1 Å². The van der Waals surface area contributed by atoms with Crippen LogP contribution in [0.2, 0.25) is 0 Å². The first-order valence-electron chi connectivity index (χ1n) is 17.1. The number of amides is 3. The minimum Gasteiger partial charge on any atom is -0.457 e. The summed E-state index contributed by atoms with van der Waals surface area (Å²) in [7, 11) is 1.60. The molecule has 2 aromatic carbocycles. The molecule has 11 heteroatoms. The molecule has 3 amide bonds. The Kier molecular flexibility index (Phi) is 10.3. The summed E-state index contributed by atoms with van der Waals surface area (Å²) < 4.78 is 6.96. The molecule has 2 atom stereocenters. The van der Waals surface area contributed by atoms with E-state index in [-0.39, 0.29) is 23.6 Å². The molecule has 3 aromatic rings. The number of aliphatic hydroxyl groups excluding tert-OH is 1. The lowest BCUT2D eigenvalue weighted by molar-refractivity contribution is -0.905. The highest BCUT2D eigenvalue weighted by Gasteiger charge is 2.55. The fourth-order valence-corrected chi connectivity index (χ4v) is 7.50. The Balaban J connectivity index is 1.11. The summed E-state index contributed by atoms with van der Waals surface area (Å²) in [6.45, 7) is 2.27. The van der Waals surface area contributed by atoms with Crippen LogP contribution in [0.1, 0.15) is 66.4 Å². The van der Waals surface area contributed by atoms with Crippen LogP contribution in [0, 0.1) is 5.92 Å². The number of aromatic nitrogens is 1. The Hall–Kier alpha value is -4.48. The van der Waals surface area contributed by atoms with Crippen molar-refractivity contribution in [3.63, 3.8) is 0 Å². The Labute approximate surface area is 281 Å². The molecule has 1 aromatic heterocycles. The van der Waals surface area contributed by atoms with Crippen molar-refractivity contribution in [2.24, 2.45) is 5.92 Å². The van der Waals surface area contributed by atoms with Crippen molar-refractivity contribution in [1.82, 2.24) is 20.4 Å². The van der Waals surface area contributed by atoms with Gasteiger partial charge in [-0.15, -0.1) is 0 Å². The third kappa shape index (κ3) is 7.32.